The van der Waals surface area contributed by atoms with Crippen molar-refractivity contribution >= 4 is 5.78 Å². The molecule has 0 fully saturated rings. The number of fused-ring (bicyclic) bond motifs is 1. The van der Waals surface area contributed by atoms with E-state index in [0.29, 0.717) is 23.3 Å². The molecule has 0 aliphatic carbocycles. The number of rotatable bonds is 2. The minimum atomic E-state index is -0.277. The Morgan fingerprint density at radius 3 is 2.32 bits per heavy atom. The van der Waals surface area contributed by atoms with Crippen molar-refractivity contribution in [2.45, 2.75) is 12.5 Å². The fourth-order valence-electron chi connectivity index (χ4n) is 3.15. The highest BCUT2D eigenvalue weighted by Crippen LogP contribution is 2.41. The number of ketones is 1. The molecule has 0 spiro atoms. The minimum absolute atomic E-state index is 0.0885. The molecule has 4 rings (SSSR count). The van der Waals surface area contributed by atoms with E-state index in [9.17, 15) is 4.79 Å². The van der Waals surface area contributed by atoms with Crippen molar-refractivity contribution in [1.29, 1.82) is 5.26 Å². The molecule has 0 aromatic heterocycles. The fourth-order valence-corrected chi connectivity index (χ4v) is 3.15. The molecule has 3 aromatic carbocycles. The number of hydrogen-bond acceptors (Lipinski definition) is 3. The number of Topliss-reactive ketones (excluding diaryl/α,β-unsaturated/α-hetero) is 1. The highest BCUT2D eigenvalue weighted by Gasteiger charge is 2.29. The molecule has 1 aliphatic rings. The molecule has 0 N–H and O–H groups in total. The van der Waals surface area contributed by atoms with Crippen LogP contribution in [0.4, 0.5) is 0 Å². The Bertz CT molecular complexity index is 969. The van der Waals surface area contributed by atoms with Gasteiger partial charge < -0.3 is 4.74 Å². The van der Waals surface area contributed by atoms with Gasteiger partial charge in [-0.15, -0.1) is 0 Å². The Kier molecular flexibility index (Phi) is 3.80. The summed E-state index contributed by atoms with van der Waals surface area (Å²) in [5.74, 6) is 0.711. The molecule has 0 amide bonds. The molecule has 25 heavy (non-hydrogen) atoms. The molecule has 0 saturated heterocycles. The molecule has 1 heterocycles. The molecule has 0 saturated carbocycles. The van der Waals surface area contributed by atoms with Gasteiger partial charge in [0, 0.05) is 5.56 Å². The number of para-hydroxylation sites is 1. The van der Waals surface area contributed by atoms with Gasteiger partial charge in [0.1, 0.15) is 11.9 Å². The fraction of sp³-hybridized carbons (Fsp3) is 0.0909. The molecule has 120 valence electrons. The van der Waals surface area contributed by atoms with E-state index in [1.807, 2.05) is 60.7 Å². The first-order chi connectivity index (χ1) is 12.3. The van der Waals surface area contributed by atoms with E-state index in [4.69, 9.17) is 10.00 Å². The monoisotopic (exact) mass is 325 g/mol. The van der Waals surface area contributed by atoms with Crippen LogP contribution in [0.5, 0.6) is 5.75 Å². The van der Waals surface area contributed by atoms with Gasteiger partial charge in [0.05, 0.1) is 23.6 Å². The van der Waals surface area contributed by atoms with Gasteiger partial charge in [0.25, 0.3) is 0 Å². The van der Waals surface area contributed by atoms with Crippen LogP contribution in [0, 0.1) is 11.3 Å². The van der Waals surface area contributed by atoms with Crippen LogP contribution >= 0.6 is 0 Å². The summed E-state index contributed by atoms with van der Waals surface area (Å²) in [4.78, 5) is 12.6. The first kappa shape index (κ1) is 15.2. The summed E-state index contributed by atoms with van der Waals surface area (Å²) in [6.45, 7) is 0. The maximum absolute atomic E-state index is 12.6. The average molecular weight is 325 g/mol. The largest absolute Gasteiger partial charge is 0.484 e. The summed E-state index contributed by atoms with van der Waals surface area (Å²) < 4.78 is 6.24. The molecule has 1 aliphatic heterocycles. The molecule has 0 bridgehead atoms. The van der Waals surface area contributed by atoms with Crippen molar-refractivity contribution in [3.63, 3.8) is 0 Å². The zero-order valence-corrected chi connectivity index (χ0v) is 13.5. The Morgan fingerprint density at radius 1 is 0.880 bits per heavy atom. The van der Waals surface area contributed by atoms with Gasteiger partial charge in [-0.25, -0.2) is 0 Å². The third kappa shape index (κ3) is 2.79. The van der Waals surface area contributed by atoms with Gasteiger partial charge in [-0.2, -0.15) is 5.26 Å². The molecule has 3 aromatic rings. The van der Waals surface area contributed by atoms with Crippen molar-refractivity contribution in [2.75, 3.05) is 0 Å². The first-order valence-corrected chi connectivity index (χ1v) is 8.14. The normalized spacial score (nSPS) is 15.8. The second kappa shape index (κ2) is 6.26. The molecule has 1 atom stereocenters. The second-order valence-corrected chi connectivity index (χ2v) is 6.02. The lowest BCUT2D eigenvalue weighted by Crippen LogP contribution is -2.20. The Morgan fingerprint density at radius 2 is 1.60 bits per heavy atom. The smallest absolute Gasteiger partial charge is 0.170 e. The molecular weight excluding hydrogens is 310 g/mol. The van der Waals surface area contributed by atoms with Gasteiger partial charge in [0.2, 0.25) is 0 Å². The molecule has 0 radical (unpaired) electrons. The predicted molar refractivity (Wildman–Crippen MR) is 95.4 cm³/mol. The van der Waals surface area contributed by atoms with E-state index in [1.54, 1.807) is 12.1 Å². The summed E-state index contributed by atoms with van der Waals surface area (Å²) in [7, 11) is 0. The highest BCUT2D eigenvalue weighted by atomic mass is 16.5. The first-order valence-electron chi connectivity index (χ1n) is 8.14. The SMILES string of the molecule is N#Cc1ccc(-c2cccc3c2OC(c2ccccc2)CC3=O)cc1. The van der Waals surface area contributed by atoms with Crippen LogP contribution in [0.15, 0.2) is 72.8 Å². The van der Waals surface area contributed by atoms with Crippen LogP contribution in [0.2, 0.25) is 0 Å². The van der Waals surface area contributed by atoms with Crippen LogP contribution in [0.25, 0.3) is 11.1 Å². The van der Waals surface area contributed by atoms with E-state index in [2.05, 4.69) is 6.07 Å². The van der Waals surface area contributed by atoms with Crippen molar-refractivity contribution in [2.24, 2.45) is 0 Å². The Labute approximate surface area is 146 Å². The second-order valence-electron chi connectivity index (χ2n) is 6.02. The highest BCUT2D eigenvalue weighted by molar-refractivity contribution is 6.02. The summed E-state index contributed by atoms with van der Waals surface area (Å²) >= 11 is 0. The number of benzene rings is 3. The van der Waals surface area contributed by atoms with Crippen LogP contribution in [0.3, 0.4) is 0 Å². The lowest BCUT2D eigenvalue weighted by Gasteiger charge is -2.27. The van der Waals surface area contributed by atoms with Crippen LogP contribution < -0.4 is 4.74 Å². The third-order valence-electron chi connectivity index (χ3n) is 4.44. The summed E-state index contributed by atoms with van der Waals surface area (Å²) in [5.41, 5.74) is 4.02. The summed E-state index contributed by atoms with van der Waals surface area (Å²) in [5, 5.41) is 8.97. The number of hydrogen-bond donors (Lipinski definition) is 0. The number of nitriles is 1. The number of nitrogens with zero attached hydrogens (tertiary/aromatic N) is 1. The number of carbonyl (C=O) groups is 1. The van der Waals surface area contributed by atoms with Gasteiger partial charge in [-0.3, -0.25) is 4.79 Å². The van der Waals surface area contributed by atoms with Crippen LogP contribution in [0.1, 0.15) is 34.0 Å². The van der Waals surface area contributed by atoms with Gasteiger partial charge in [-0.1, -0.05) is 54.6 Å². The quantitative estimate of drug-likeness (QED) is 0.671. The van der Waals surface area contributed by atoms with E-state index in [-0.39, 0.29) is 11.9 Å². The molecular formula is C22H15NO2. The summed E-state index contributed by atoms with van der Waals surface area (Å²) in [6, 6.07) is 24.9. The zero-order chi connectivity index (χ0) is 17.2. The van der Waals surface area contributed by atoms with Crippen LogP contribution in [-0.2, 0) is 0 Å². The lowest BCUT2D eigenvalue weighted by atomic mass is 9.92. The van der Waals surface area contributed by atoms with E-state index < -0.39 is 0 Å². The molecule has 3 nitrogen and oxygen atoms in total. The van der Waals surface area contributed by atoms with Crippen molar-refractivity contribution in [1.82, 2.24) is 0 Å². The zero-order valence-electron chi connectivity index (χ0n) is 13.5. The molecule has 1 unspecified atom stereocenters. The number of carbonyl (C=O) groups excluding carboxylic acids is 1. The third-order valence-corrected chi connectivity index (χ3v) is 4.44. The Hall–Kier alpha value is -3.38. The minimum Gasteiger partial charge on any atom is -0.484 e. The van der Waals surface area contributed by atoms with Crippen LogP contribution in [-0.4, -0.2) is 5.78 Å². The van der Waals surface area contributed by atoms with Crippen molar-refractivity contribution in [3.8, 4) is 22.9 Å². The topological polar surface area (TPSA) is 50.1 Å². The molecule has 3 heteroatoms. The van der Waals surface area contributed by atoms with Gasteiger partial charge in [-0.05, 0) is 29.3 Å². The number of ether oxygens (including phenoxy) is 1. The van der Waals surface area contributed by atoms with Crippen molar-refractivity contribution in [3.05, 3.63) is 89.5 Å². The lowest BCUT2D eigenvalue weighted by molar-refractivity contribution is 0.0851. The van der Waals surface area contributed by atoms with Gasteiger partial charge >= 0.3 is 0 Å². The average Bonchev–Trinajstić information content (AvgIpc) is 2.68. The standard InChI is InChI=1S/C22H15NO2/c23-14-15-9-11-16(12-10-15)18-7-4-8-19-20(24)13-21(25-22(18)19)17-5-2-1-3-6-17/h1-12,21H,13H2. The maximum Gasteiger partial charge on any atom is 0.170 e. The summed E-state index contributed by atoms with van der Waals surface area (Å²) in [6.07, 6.45) is 0.0640. The maximum atomic E-state index is 12.6. The van der Waals surface area contributed by atoms with E-state index >= 15 is 0 Å². The van der Waals surface area contributed by atoms with E-state index in [0.717, 1.165) is 16.7 Å². The predicted octanol–water partition coefficient (Wildman–Crippen LogP) is 4.93. The van der Waals surface area contributed by atoms with Crippen molar-refractivity contribution < 1.29 is 9.53 Å². The van der Waals surface area contributed by atoms with E-state index in [1.165, 1.54) is 0 Å². The van der Waals surface area contributed by atoms with Gasteiger partial charge in [0.15, 0.2) is 5.78 Å². The Balaban J connectivity index is 1.78.